The summed E-state index contributed by atoms with van der Waals surface area (Å²) >= 11 is 1.52. The summed E-state index contributed by atoms with van der Waals surface area (Å²) in [5.74, 6) is -1.41. The van der Waals surface area contributed by atoms with Gasteiger partial charge in [-0.05, 0) is 107 Å². The van der Waals surface area contributed by atoms with Crippen molar-refractivity contribution in [3.63, 3.8) is 0 Å². The van der Waals surface area contributed by atoms with Crippen LogP contribution in [0.5, 0.6) is 0 Å². The van der Waals surface area contributed by atoms with E-state index in [1.165, 1.54) is 30.6 Å². The van der Waals surface area contributed by atoms with E-state index in [0.29, 0.717) is 52.2 Å². The zero-order valence-electron chi connectivity index (χ0n) is 45.4. The molecule has 1 aromatic carbocycles. The lowest BCUT2D eigenvalue weighted by Gasteiger charge is -2.39. The third-order valence-electron chi connectivity index (χ3n) is 17.6. The predicted molar refractivity (Wildman–Crippen MR) is 292 cm³/mol. The van der Waals surface area contributed by atoms with Gasteiger partial charge in [0.15, 0.2) is 6.39 Å². The van der Waals surface area contributed by atoms with E-state index in [9.17, 15) is 9.59 Å². The van der Waals surface area contributed by atoms with E-state index in [1.54, 1.807) is 18.4 Å². The third-order valence-corrected chi connectivity index (χ3v) is 18.5. The van der Waals surface area contributed by atoms with Gasteiger partial charge >= 0.3 is 5.97 Å². The summed E-state index contributed by atoms with van der Waals surface area (Å²) in [5, 5.41) is 8.76. The molecule has 412 valence electrons. The second kappa shape index (κ2) is 22.1. The number of methoxy groups -OCH3 is 1. The maximum atomic E-state index is 15.3. The summed E-state index contributed by atoms with van der Waals surface area (Å²) in [6.07, 6.45) is 12.7. The van der Waals surface area contributed by atoms with Gasteiger partial charge in [0.1, 0.15) is 23.4 Å². The van der Waals surface area contributed by atoms with E-state index in [-0.39, 0.29) is 48.4 Å². The molecule has 0 unspecified atom stereocenters. The number of anilines is 1. The second-order valence-electron chi connectivity index (χ2n) is 23.5. The zero-order chi connectivity index (χ0) is 53.0. The summed E-state index contributed by atoms with van der Waals surface area (Å²) in [7, 11) is 1.74. The van der Waals surface area contributed by atoms with Crippen molar-refractivity contribution in [3.05, 3.63) is 70.5 Å². The monoisotopic (exact) mass is 1070 g/mol. The number of pyridine rings is 1. The van der Waals surface area contributed by atoms with Crippen LogP contribution < -0.4 is 15.6 Å². The first-order chi connectivity index (χ1) is 37.4. The zero-order valence-corrected chi connectivity index (χ0v) is 46.2. The minimum Gasteiger partial charge on any atom is -0.464 e. The predicted octanol–water partition coefficient (Wildman–Crippen LogP) is 7.29. The van der Waals surface area contributed by atoms with Crippen molar-refractivity contribution in [2.24, 2.45) is 17.3 Å². The average Bonchev–Trinajstić information content (AvgIpc) is 4.16. The number of nitrogens with one attached hydrogen (secondary N) is 2. The number of hydrogen-bond donors (Lipinski definition) is 2. The highest BCUT2D eigenvalue weighted by Gasteiger charge is 2.55. The molecule has 2 aliphatic carbocycles. The Morgan fingerprint density at radius 3 is 2.53 bits per heavy atom. The number of rotatable bonds is 13. The minimum absolute atomic E-state index is 0.0141. The molecule has 18 nitrogen and oxygen atoms in total. The number of aromatic nitrogens is 4. The minimum atomic E-state index is -1.00. The van der Waals surface area contributed by atoms with Crippen LogP contribution in [-0.2, 0) is 46.3 Å². The number of fused-ring (bicyclic) bond motifs is 6. The van der Waals surface area contributed by atoms with E-state index in [0.717, 1.165) is 132 Å². The Kier molecular flexibility index (Phi) is 15.0. The Morgan fingerprint density at radius 2 is 1.78 bits per heavy atom. The number of ether oxygens (including phenoxy) is 4. The van der Waals surface area contributed by atoms with Crippen LogP contribution in [0, 0.1) is 17.3 Å². The highest BCUT2D eigenvalue weighted by molar-refractivity contribution is 7.10. The van der Waals surface area contributed by atoms with Gasteiger partial charge in [-0.15, -0.1) is 11.3 Å². The average molecular weight is 1070 g/mol. The normalized spacial score (nSPS) is 27.2. The second-order valence-corrected chi connectivity index (χ2v) is 24.4. The third kappa shape index (κ3) is 10.8. The van der Waals surface area contributed by atoms with Crippen LogP contribution in [0.15, 0.2) is 52.9 Å². The van der Waals surface area contributed by atoms with Crippen molar-refractivity contribution in [3.8, 4) is 22.5 Å². The first-order valence-electron chi connectivity index (χ1n) is 28.4. The van der Waals surface area contributed by atoms with Gasteiger partial charge in [-0.25, -0.2) is 15.4 Å². The summed E-state index contributed by atoms with van der Waals surface area (Å²) in [4.78, 5) is 66.8. The number of likely N-dealkylation sites (tertiary alicyclic amines) is 1. The summed E-state index contributed by atoms with van der Waals surface area (Å²) in [5.41, 5.74) is 11.4. The molecule has 2 saturated carbocycles. The fourth-order valence-electron chi connectivity index (χ4n) is 13.0. The summed E-state index contributed by atoms with van der Waals surface area (Å²) < 4.78 is 32.6. The number of carbonyl (C=O) groups excluding carboxylic acids is 3. The van der Waals surface area contributed by atoms with Gasteiger partial charge in [0, 0.05) is 110 Å². The van der Waals surface area contributed by atoms with Gasteiger partial charge in [0.05, 0.1) is 66.1 Å². The van der Waals surface area contributed by atoms with Gasteiger partial charge in [-0.2, -0.15) is 0 Å². The van der Waals surface area contributed by atoms with Crippen molar-refractivity contribution in [1.82, 2.24) is 45.1 Å². The van der Waals surface area contributed by atoms with Gasteiger partial charge in [-0.3, -0.25) is 34.2 Å². The summed E-state index contributed by atoms with van der Waals surface area (Å²) in [6, 6.07) is 7.38. The van der Waals surface area contributed by atoms with Crippen molar-refractivity contribution in [2.75, 3.05) is 84.3 Å². The fraction of sp³-hybridized carbons (Fsp3) is 0.621. The maximum Gasteiger partial charge on any atom is 0.324 e. The number of cyclic esters (lactones) is 1. The van der Waals surface area contributed by atoms with E-state index in [2.05, 4.69) is 85.4 Å². The molecular formula is C58H76N10O8S. The van der Waals surface area contributed by atoms with Crippen LogP contribution in [-0.4, -0.2) is 156 Å². The molecule has 6 bridgehead atoms. The Balaban J connectivity index is 0.991. The molecule has 7 aliphatic rings. The molecule has 2 amide bonds. The van der Waals surface area contributed by atoms with Crippen LogP contribution in [0.4, 0.5) is 5.69 Å². The SMILES string of the molecule is CO[C@@H](C)c1ncc(N2CCN(C3CC3)CC2)cc1-c1c2c3cc(ccc3n1CCOC1CCOCC1)-c1csc(n1)[C@@H](N1CCCC1)[C@H](NC(=O)[C@@H]1[C@@H](C)[C@H]1c1cocn1)C(=O)N1CCC[C@H](N1)C(=O)OCC(C)(C)C2. The van der Waals surface area contributed by atoms with E-state index in [1.807, 2.05) is 13.1 Å². The molecule has 19 heteroatoms. The maximum absolute atomic E-state index is 15.3. The Hall–Kier alpha value is -5.28. The van der Waals surface area contributed by atoms with Crippen molar-refractivity contribution < 1.29 is 37.7 Å². The first-order valence-corrected chi connectivity index (χ1v) is 29.3. The van der Waals surface area contributed by atoms with Gasteiger partial charge < -0.3 is 38.1 Å². The largest absolute Gasteiger partial charge is 0.464 e. The number of thiazole rings is 1. The smallest absolute Gasteiger partial charge is 0.324 e. The van der Waals surface area contributed by atoms with E-state index < -0.39 is 29.5 Å². The molecular weight excluding hydrogens is 997 g/mol. The molecule has 6 fully saturated rings. The van der Waals surface area contributed by atoms with Crippen LogP contribution in [0.3, 0.4) is 0 Å². The number of oxazole rings is 1. The molecule has 2 N–H and O–H groups in total. The molecule has 0 spiro atoms. The molecule has 7 atom stereocenters. The number of carbonyl (C=O) groups is 3. The van der Waals surface area contributed by atoms with Gasteiger partial charge in [0.2, 0.25) is 5.91 Å². The van der Waals surface area contributed by atoms with Gasteiger partial charge in [0.25, 0.3) is 5.91 Å². The topological polar surface area (TPSA) is 182 Å². The highest BCUT2D eigenvalue weighted by Crippen LogP contribution is 2.53. The molecule has 4 aromatic heterocycles. The van der Waals surface area contributed by atoms with Crippen LogP contribution in [0.25, 0.3) is 33.4 Å². The van der Waals surface area contributed by atoms with Crippen LogP contribution >= 0.6 is 11.3 Å². The number of hydrogen-bond acceptors (Lipinski definition) is 16. The molecule has 12 rings (SSSR count). The quantitative estimate of drug-likeness (QED) is 0.112. The number of benzene rings is 1. The molecule has 0 radical (unpaired) electrons. The molecule has 9 heterocycles. The van der Waals surface area contributed by atoms with Crippen molar-refractivity contribution in [2.45, 2.75) is 134 Å². The molecule has 5 aromatic rings. The fourth-order valence-corrected chi connectivity index (χ4v) is 14.0. The number of nitrogens with zero attached hydrogens (tertiary/aromatic N) is 8. The lowest BCUT2D eigenvalue weighted by atomic mass is 9.84. The van der Waals surface area contributed by atoms with Crippen molar-refractivity contribution >= 4 is 45.7 Å². The van der Waals surface area contributed by atoms with Crippen LogP contribution in [0.2, 0.25) is 0 Å². The summed E-state index contributed by atoms with van der Waals surface area (Å²) in [6.45, 7) is 16.8. The first kappa shape index (κ1) is 52.4. The van der Waals surface area contributed by atoms with Crippen molar-refractivity contribution in [1.29, 1.82) is 0 Å². The lowest BCUT2D eigenvalue weighted by Crippen LogP contribution is -2.62. The van der Waals surface area contributed by atoms with E-state index >= 15 is 4.79 Å². The standard InChI is InChI=1S/C58H76N10O8S/c1-35-48(45-31-74-34-60-45)49(35)54(69)62-51-53(66-16-6-7-17-66)55-61-46(32-77-55)37-10-13-47-41(27-37)43(29-58(3,4)33-76-57(71)44-9-8-18-68(63-44)56(51)70)52(67(47)23-26-75-40-14-24-73-25-15-40)42-28-39(30-59-50(42)36(2)72-5)65-21-19-64(20-22-65)38-11-12-38/h10,13,27-28,30-32,34-36,38,40,44,48-49,51,53,63H,6-9,11-12,14-26,29,33H2,1-5H3,(H,62,69)/t35-,36-,44-,48-,49+,51-,53-/m0/s1. The van der Waals surface area contributed by atoms with Gasteiger partial charge in [-0.1, -0.05) is 26.8 Å². The Morgan fingerprint density at radius 1 is 0.974 bits per heavy atom. The number of esters is 1. The molecule has 5 aliphatic heterocycles. The molecule has 77 heavy (non-hydrogen) atoms. The van der Waals surface area contributed by atoms with E-state index in [4.69, 9.17) is 33.3 Å². The number of piperazine rings is 1. The highest BCUT2D eigenvalue weighted by atomic mass is 32.1. The number of amides is 2. The lowest BCUT2D eigenvalue weighted by molar-refractivity contribution is -0.156. The number of hydrazine groups is 1. The Bertz CT molecular complexity index is 2920. The molecule has 4 saturated heterocycles. The Labute approximate surface area is 455 Å². The van der Waals surface area contributed by atoms with Crippen LogP contribution in [0.1, 0.15) is 119 Å².